The van der Waals surface area contributed by atoms with E-state index in [0.717, 1.165) is 5.56 Å². The highest BCUT2D eigenvalue weighted by Crippen LogP contribution is 2.35. The lowest BCUT2D eigenvalue weighted by Gasteiger charge is -2.14. The van der Waals surface area contributed by atoms with E-state index in [4.69, 9.17) is 21.1 Å². The van der Waals surface area contributed by atoms with Crippen LogP contribution in [0, 0.1) is 0 Å². The van der Waals surface area contributed by atoms with Crippen LogP contribution in [0.15, 0.2) is 36.4 Å². The minimum atomic E-state index is -0.193. The lowest BCUT2D eigenvalue weighted by atomic mass is 10.2. The molecule has 2 N–H and O–H groups in total. The normalized spacial score (nSPS) is 10.3. The zero-order valence-electron chi connectivity index (χ0n) is 11.0. The standard InChI is InChI=1S/C15H15ClO4/c1-19-14-7-12(16)6-11(8-17)15(14)20-9-10-2-4-13(18)5-3-10/h2-7,17-18H,8-9H2,1H3. The monoisotopic (exact) mass is 294 g/mol. The number of aromatic hydroxyl groups is 1. The summed E-state index contributed by atoms with van der Waals surface area (Å²) in [4.78, 5) is 0. The zero-order chi connectivity index (χ0) is 14.5. The molecule has 0 aliphatic carbocycles. The van der Waals surface area contributed by atoms with Crippen LogP contribution in [0.3, 0.4) is 0 Å². The van der Waals surface area contributed by atoms with E-state index in [2.05, 4.69) is 0 Å². The highest BCUT2D eigenvalue weighted by atomic mass is 35.5. The van der Waals surface area contributed by atoms with Crippen molar-refractivity contribution in [2.24, 2.45) is 0 Å². The largest absolute Gasteiger partial charge is 0.508 e. The van der Waals surface area contributed by atoms with Gasteiger partial charge in [-0.2, -0.15) is 0 Å². The van der Waals surface area contributed by atoms with Crippen molar-refractivity contribution in [1.82, 2.24) is 0 Å². The molecular weight excluding hydrogens is 280 g/mol. The van der Waals surface area contributed by atoms with E-state index in [1.54, 1.807) is 36.4 Å². The van der Waals surface area contributed by atoms with Crippen molar-refractivity contribution in [3.05, 3.63) is 52.5 Å². The Bertz CT molecular complexity index is 556. The first kappa shape index (κ1) is 14.5. The molecule has 0 heterocycles. The molecule has 4 nitrogen and oxygen atoms in total. The fraction of sp³-hybridized carbons (Fsp3) is 0.200. The molecule has 0 saturated carbocycles. The second-order valence-electron chi connectivity index (χ2n) is 4.21. The van der Waals surface area contributed by atoms with Crippen LogP contribution >= 0.6 is 11.6 Å². The van der Waals surface area contributed by atoms with Gasteiger partial charge in [-0.25, -0.2) is 0 Å². The lowest BCUT2D eigenvalue weighted by molar-refractivity contribution is 0.250. The van der Waals surface area contributed by atoms with Gasteiger partial charge in [0.1, 0.15) is 12.4 Å². The van der Waals surface area contributed by atoms with Gasteiger partial charge in [-0.1, -0.05) is 23.7 Å². The summed E-state index contributed by atoms with van der Waals surface area (Å²) in [6.07, 6.45) is 0. The molecule has 2 aromatic carbocycles. The molecular formula is C15H15ClO4. The van der Waals surface area contributed by atoms with E-state index in [1.807, 2.05) is 0 Å². The maximum atomic E-state index is 9.37. The van der Waals surface area contributed by atoms with Crippen LogP contribution in [-0.2, 0) is 13.2 Å². The van der Waals surface area contributed by atoms with Crippen LogP contribution in [-0.4, -0.2) is 17.3 Å². The summed E-state index contributed by atoms with van der Waals surface area (Å²) in [5, 5.41) is 19.1. The van der Waals surface area contributed by atoms with Gasteiger partial charge in [-0.15, -0.1) is 0 Å². The summed E-state index contributed by atoms with van der Waals surface area (Å²) in [5.74, 6) is 1.14. The molecule has 0 saturated heterocycles. The highest BCUT2D eigenvalue weighted by molar-refractivity contribution is 6.30. The molecule has 0 aliphatic heterocycles. The maximum Gasteiger partial charge on any atom is 0.167 e. The second-order valence-corrected chi connectivity index (χ2v) is 4.65. The van der Waals surface area contributed by atoms with Crippen molar-refractivity contribution in [2.75, 3.05) is 7.11 Å². The van der Waals surface area contributed by atoms with Gasteiger partial charge in [0.05, 0.1) is 13.7 Å². The molecule has 0 radical (unpaired) electrons. The average molecular weight is 295 g/mol. The summed E-state index contributed by atoms with van der Waals surface area (Å²) < 4.78 is 10.9. The van der Waals surface area contributed by atoms with Gasteiger partial charge < -0.3 is 19.7 Å². The Morgan fingerprint density at radius 3 is 2.45 bits per heavy atom. The van der Waals surface area contributed by atoms with Crippen molar-refractivity contribution in [3.8, 4) is 17.2 Å². The number of ether oxygens (including phenoxy) is 2. The maximum absolute atomic E-state index is 9.37. The Labute approximate surface area is 122 Å². The molecule has 20 heavy (non-hydrogen) atoms. The number of aliphatic hydroxyl groups is 1. The van der Waals surface area contributed by atoms with Crippen LogP contribution in [0.1, 0.15) is 11.1 Å². The van der Waals surface area contributed by atoms with E-state index in [0.29, 0.717) is 28.7 Å². The third-order valence-electron chi connectivity index (χ3n) is 2.81. The summed E-state index contributed by atoms with van der Waals surface area (Å²) >= 11 is 5.94. The number of benzene rings is 2. The topological polar surface area (TPSA) is 58.9 Å². The predicted octanol–water partition coefficient (Wildman–Crippen LogP) is 3.13. The van der Waals surface area contributed by atoms with Crippen LogP contribution in [0.25, 0.3) is 0 Å². The first-order valence-electron chi connectivity index (χ1n) is 6.02. The molecule has 0 atom stereocenters. The number of halogens is 1. The van der Waals surface area contributed by atoms with E-state index in [1.165, 1.54) is 7.11 Å². The molecule has 2 aromatic rings. The SMILES string of the molecule is COc1cc(Cl)cc(CO)c1OCc1ccc(O)cc1. The number of aliphatic hydroxyl groups excluding tert-OH is 1. The molecule has 0 bridgehead atoms. The molecule has 106 valence electrons. The van der Waals surface area contributed by atoms with Gasteiger partial charge >= 0.3 is 0 Å². The minimum absolute atomic E-state index is 0.193. The zero-order valence-corrected chi connectivity index (χ0v) is 11.7. The summed E-state index contributed by atoms with van der Waals surface area (Å²) in [5.41, 5.74) is 1.46. The fourth-order valence-electron chi connectivity index (χ4n) is 1.80. The number of hydrogen-bond donors (Lipinski definition) is 2. The number of phenols is 1. The number of methoxy groups -OCH3 is 1. The van der Waals surface area contributed by atoms with Gasteiger partial charge in [0.15, 0.2) is 11.5 Å². The van der Waals surface area contributed by atoms with Crippen molar-refractivity contribution in [3.63, 3.8) is 0 Å². The van der Waals surface area contributed by atoms with Crippen molar-refractivity contribution in [1.29, 1.82) is 0 Å². The molecule has 0 fully saturated rings. The highest BCUT2D eigenvalue weighted by Gasteiger charge is 2.12. The van der Waals surface area contributed by atoms with Gasteiger partial charge in [-0.3, -0.25) is 0 Å². The first-order chi connectivity index (χ1) is 9.63. The van der Waals surface area contributed by atoms with Crippen LogP contribution in [0.2, 0.25) is 5.02 Å². The Hall–Kier alpha value is -1.91. The summed E-state index contributed by atoms with van der Waals surface area (Å²) in [7, 11) is 1.51. The fourth-order valence-corrected chi connectivity index (χ4v) is 2.03. The van der Waals surface area contributed by atoms with Crippen molar-refractivity contribution < 1.29 is 19.7 Å². The van der Waals surface area contributed by atoms with E-state index >= 15 is 0 Å². The summed E-state index contributed by atoms with van der Waals surface area (Å²) in [6.45, 7) is 0.104. The van der Waals surface area contributed by atoms with Crippen LogP contribution in [0.5, 0.6) is 17.2 Å². The predicted molar refractivity (Wildman–Crippen MR) is 76.4 cm³/mol. The molecule has 0 amide bonds. The molecule has 0 unspecified atom stereocenters. The van der Waals surface area contributed by atoms with Crippen LogP contribution < -0.4 is 9.47 Å². The number of rotatable bonds is 5. The second kappa shape index (κ2) is 6.50. The van der Waals surface area contributed by atoms with Gasteiger partial charge in [0.25, 0.3) is 0 Å². The average Bonchev–Trinajstić information content (AvgIpc) is 2.46. The van der Waals surface area contributed by atoms with Gasteiger partial charge in [0.2, 0.25) is 0 Å². The molecule has 0 aromatic heterocycles. The van der Waals surface area contributed by atoms with Crippen molar-refractivity contribution in [2.45, 2.75) is 13.2 Å². The molecule has 5 heteroatoms. The van der Waals surface area contributed by atoms with E-state index in [9.17, 15) is 10.2 Å². The molecule has 2 rings (SSSR count). The van der Waals surface area contributed by atoms with E-state index in [-0.39, 0.29) is 12.4 Å². The number of phenolic OH excluding ortho intramolecular Hbond substituents is 1. The summed E-state index contributed by atoms with van der Waals surface area (Å²) in [6, 6.07) is 9.96. The van der Waals surface area contributed by atoms with Gasteiger partial charge in [0, 0.05) is 16.7 Å². The first-order valence-corrected chi connectivity index (χ1v) is 6.40. The Morgan fingerprint density at radius 1 is 1.15 bits per heavy atom. The smallest absolute Gasteiger partial charge is 0.167 e. The Balaban J connectivity index is 2.21. The quantitative estimate of drug-likeness (QED) is 0.889. The third kappa shape index (κ3) is 3.35. The molecule has 0 aliphatic rings. The van der Waals surface area contributed by atoms with E-state index < -0.39 is 0 Å². The van der Waals surface area contributed by atoms with Gasteiger partial charge in [-0.05, 0) is 23.8 Å². The van der Waals surface area contributed by atoms with Crippen molar-refractivity contribution >= 4 is 11.6 Å². The third-order valence-corrected chi connectivity index (χ3v) is 3.02. The Kier molecular flexibility index (Phi) is 4.71. The molecule has 0 spiro atoms. The minimum Gasteiger partial charge on any atom is -0.508 e. The Morgan fingerprint density at radius 2 is 1.85 bits per heavy atom. The number of hydrogen-bond acceptors (Lipinski definition) is 4. The lowest BCUT2D eigenvalue weighted by Crippen LogP contribution is -2.01. The van der Waals surface area contributed by atoms with Crippen LogP contribution in [0.4, 0.5) is 0 Å².